The van der Waals surface area contributed by atoms with Crippen molar-refractivity contribution in [2.24, 2.45) is 0 Å². The van der Waals surface area contributed by atoms with Crippen molar-refractivity contribution in [3.05, 3.63) is 0 Å². The summed E-state index contributed by atoms with van der Waals surface area (Å²) < 4.78 is 4.90. The van der Waals surface area contributed by atoms with E-state index in [1.54, 1.807) is 6.92 Å². The molecule has 1 rings (SSSR count). The van der Waals surface area contributed by atoms with Crippen LogP contribution in [-0.4, -0.2) is 86.0 Å². The number of carbonyl (C=O) groups is 2. The lowest BCUT2D eigenvalue weighted by atomic mass is 10.3. The second-order valence-electron chi connectivity index (χ2n) is 4.79. The fourth-order valence-electron chi connectivity index (χ4n) is 2.02. The van der Waals surface area contributed by atoms with E-state index in [1.165, 1.54) is 0 Å². The minimum absolute atomic E-state index is 0.0965. The summed E-state index contributed by atoms with van der Waals surface area (Å²) in [4.78, 5) is 29.4. The first-order valence-electron chi connectivity index (χ1n) is 6.91. The van der Waals surface area contributed by atoms with Gasteiger partial charge in [-0.2, -0.15) is 0 Å². The van der Waals surface area contributed by atoms with Crippen molar-refractivity contribution >= 4 is 11.9 Å². The van der Waals surface area contributed by atoms with Crippen LogP contribution in [0.1, 0.15) is 13.8 Å². The SMILES string of the molecule is CCOC(=O)CN(CC)CC(=O)N1CCN(C)CC1. The van der Waals surface area contributed by atoms with Crippen LogP contribution in [0.25, 0.3) is 0 Å². The van der Waals surface area contributed by atoms with Gasteiger partial charge in [-0.3, -0.25) is 14.5 Å². The van der Waals surface area contributed by atoms with Gasteiger partial charge in [0.25, 0.3) is 0 Å². The molecule has 0 atom stereocenters. The number of nitrogens with zero attached hydrogens (tertiary/aromatic N) is 3. The molecule has 0 unspecified atom stereocenters. The molecule has 0 saturated carbocycles. The van der Waals surface area contributed by atoms with E-state index in [9.17, 15) is 9.59 Å². The number of rotatable bonds is 6. The van der Waals surface area contributed by atoms with Crippen molar-refractivity contribution in [1.82, 2.24) is 14.7 Å². The topological polar surface area (TPSA) is 53.1 Å². The summed E-state index contributed by atoms with van der Waals surface area (Å²) >= 11 is 0. The zero-order chi connectivity index (χ0) is 14.3. The van der Waals surface area contributed by atoms with E-state index < -0.39 is 0 Å². The van der Waals surface area contributed by atoms with Gasteiger partial charge in [0.2, 0.25) is 5.91 Å². The minimum atomic E-state index is -0.268. The third-order valence-corrected chi connectivity index (χ3v) is 3.32. The smallest absolute Gasteiger partial charge is 0.320 e. The molecule has 0 N–H and O–H groups in total. The molecule has 1 fully saturated rings. The van der Waals surface area contributed by atoms with Gasteiger partial charge in [-0.1, -0.05) is 6.92 Å². The molecule has 0 bridgehead atoms. The highest BCUT2D eigenvalue weighted by Gasteiger charge is 2.21. The summed E-state index contributed by atoms with van der Waals surface area (Å²) in [5.74, 6) is -0.172. The Balaban J connectivity index is 2.38. The molecule has 1 aliphatic heterocycles. The van der Waals surface area contributed by atoms with E-state index in [0.717, 1.165) is 26.2 Å². The standard InChI is InChI=1S/C13H25N3O3/c1-4-15(11-13(18)19-5-2)10-12(17)16-8-6-14(3)7-9-16/h4-11H2,1-3H3. The third kappa shape index (κ3) is 5.57. The molecule has 6 nitrogen and oxygen atoms in total. The maximum Gasteiger partial charge on any atom is 0.320 e. The van der Waals surface area contributed by atoms with Crippen molar-refractivity contribution in [3.8, 4) is 0 Å². The molecular weight excluding hydrogens is 246 g/mol. The Kier molecular flexibility index (Phi) is 6.80. The molecule has 110 valence electrons. The van der Waals surface area contributed by atoms with Crippen molar-refractivity contribution in [3.63, 3.8) is 0 Å². The Morgan fingerprint density at radius 1 is 1.11 bits per heavy atom. The molecular formula is C13H25N3O3. The Labute approximate surface area is 115 Å². The average molecular weight is 271 g/mol. The van der Waals surface area contributed by atoms with E-state index in [1.807, 2.05) is 16.7 Å². The van der Waals surface area contributed by atoms with Gasteiger partial charge in [0.15, 0.2) is 0 Å². The highest BCUT2D eigenvalue weighted by Crippen LogP contribution is 2.01. The van der Waals surface area contributed by atoms with Crippen LogP contribution in [0, 0.1) is 0 Å². The van der Waals surface area contributed by atoms with Crippen LogP contribution < -0.4 is 0 Å². The molecule has 0 radical (unpaired) electrons. The molecule has 0 aliphatic carbocycles. The van der Waals surface area contributed by atoms with Crippen LogP contribution in [-0.2, 0) is 14.3 Å². The van der Waals surface area contributed by atoms with Crippen molar-refractivity contribution in [2.45, 2.75) is 13.8 Å². The summed E-state index contributed by atoms with van der Waals surface area (Å²) in [5.41, 5.74) is 0. The summed E-state index contributed by atoms with van der Waals surface area (Å²) in [7, 11) is 2.06. The predicted octanol–water partition coefficient (Wildman–Crippen LogP) is -0.355. The quantitative estimate of drug-likeness (QED) is 0.618. The van der Waals surface area contributed by atoms with Gasteiger partial charge in [0.05, 0.1) is 19.7 Å². The zero-order valence-electron chi connectivity index (χ0n) is 12.2. The first-order chi connectivity index (χ1) is 9.06. The van der Waals surface area contributed by atoms with Crippen LogP contribution in [0.5, 0.6) is 0 Å². The van der Waals surface area contributed by atoms with E-state index in [4.69, 9.17) is 4.74 Å². The van der Waals surface area contributed by atoms with Gasteiger partial charge in [0, 0.05) is 26.2 Å². The second-order valence-corrected chi connectivity index (χ2v) is 4.79. The van der Waals surface area contributed by atoms with E-state index in [-0.39, 0.29) is 18.4 Å². The minimum Gasteiger partial charge on any atom is -0.465 e. The Bertz CT molecular complexity index is 302. The molecule has 0 aromatic heterocycles. The van der Waals surface area contributed by atoms with Crippen LogP contribution in [0.15, 0.2) is 0 Å². The number of piperazine rings is 1. The number of esters is 1. The maximum absolute atomic E-state index is 12.1. The zero-order valence-corrected chi connectivity index (χ0v) is 12.2. The van der Waals surface area contributed by atoms with Gasteiger partial charge >= 0.3 is 5.97 Å². The van der Waals surface area contributed by atoms with Crippen molar-refractivity contribution in [1.29, 1.82) is 0 Å². The number of amides is 1. The van der Waals surface area contributed by atoms with Gasteiger partial charge in [0.1, 0.15) is 0 Å². The van der Waals surface area contributed by atoms with Gasteiger partial charge in [-0.15, -0.1) is 0 Å². The maximum atomic E-state index is 12.1. The Morgan fingerprint density at radius 3 is 2.26 bits per heavy atom. The summed E-state index contributed by atoms with van der Waals surface area (Å²) in [6.07, 6.45) is 0. The lowest BCUT2D eigenvalue weighted by Crippen LogP contribution is -2.50. The normalized spacial score (nSPS) is 16.7. The van der Waals surface area contributed by atoms with Crippen molar-refractivity contribution < 1.29 is 14.3 Å². The van der Waals surface area contributed by atoms with Crippen LogP contribution >= 0.6 is 0 Å². The van der Waals surface area contributed by atoms with Gasteiger partial charge in [-0.05, 0) is 20.5 Å². The monoisotopic (exact) mass is 271 g/mol. The number of carbonyl (C=O) groups excluding carboxylic acids is 2. The molecule has 0 aromatic rings. The highest BCUT2D eigenvalue weighted by atomic mass is 16.5. The van der Waals surface area contributed by atoms with E-state index >= 15 is 0 Å². The Hall–Kier alpha value is -1.14. The second kappa shape index (κ2) is 8.12. The number of hydrogen-bond donors (Lipinski definition) is 0. The fourth-order valence-corrected chi connectivity index (χ4v) is 2.02. The molecule has 1 amide bonds. The summed E-state index contributed by atoms with van der Waals surface area (Å²) in [5, 5.41) is 0. The summed E-state index contributed by atoms with van der Waals surface area (Å²) in [6, 6.07) is 0. The number of hydrogen-bond acceptors (Lipinski definition) is 5. The molecule has 0 spiro atoms. The highest BCUT2D eigenvalue weighted by molar-refractivity contribution is 5.79. The molecule has 0 aromatic carbocycles. The molecule has 19 heavy (non-hydrogen) atoms. The molecule has 1 heterocycles. The van der Waals surface area contributed by atoms with Crippen molar-refractivity contribution in [2.75, 3.05) is 59.5 Å². The molecule has 1 aliphatic rings. The average Bonchev–Trinajstić information content (AvgIpc) is 2.38. The van der Waals surface area contributed by atoms with E-state index in [0.29, 0.717) is 19.7 Å². The largest absolute Gasteiger partial charge is 0.465 e. The first kappa shape index (κ1) is 15.9. The van der Waals surface area contributed by atoms with Gasteiger partial charge in [-0.25, -0.2) is 0 Å². The van der Waals surface area contributed by atoms with E-state index in [2.05, 4.69) is 11.9 Å². The summed E-state index contributed by atoms with van der Waals surface area (Å²) in [6.45, 7) is 8.61. The predicted molar refractivity (Wildman–Crippen MR) is 72.8 cm³/mol. The molecule has 1 saturated heterocycles. The van der Waals surface area contributed by atoms with Crippen LogP contribution in [0.4, 0.5) is 0 Å². The van der Waals surface area contributed by atoms with Crippen LogP contribution in [0.3, 0.4) is 0 Å². The third-order valence-electron chi connectivity index (χ3n) is 3.32. The number of ether oxygens (including phenoxy) is 1. The molecule has 6 heteroatoms. The van der Waals surface area contributed by atoms with Crippen LogP contribution in [0.2, 0.25) is 0 Å². The fraction of sp³-hybridized carbons (Fsp3) is 0.846. The first-order valence-corrected chi connectivity index (χ1v) is 6.91. The Morgan fingerprint density at radius 2 is 1.74 bits per heavy atom. The lowest BCUT2D eigenvalue weighted by molar-refractivity contribution is -0.145. The lowest BCUT2D eigenvalue weighted by Gasteiger charge is -2.33. The van der Waals surface area contributed by atoms with Gasteiger partial charge < -0.3 is 14.5 Å². The number of likely N-dealkylation sites (N-methyl/N-ethyl adjacent to an activating group) is 2.